The van der Waals surface area contributed by atoms with Gasteiger partial charge >= 0.3 is 0 Å². The number of ether oxygens (including phenoxy) is 1. The molecule has 1 atom stereocenters. The number of para-hydroxylation sites is 1. The lowest BCUT2D eigenvalue weighted by Crippen LogP contribution is -2.40. The number of hydrogen-bond donors (Lipinski definition) is 1. The first-order valence-electron chi connectivity index (χ1n) is 7.80. The quantitative estimate of drug-likeness (QED) is 0.766. The van der Waals surface area contributed by atoms with Gasteiger partial charge in [-0.05, 0) is 42.3 Å². The maximum Gasteiger partial charge on any atom is 0.280 e. The van der Waals surface area contributed by atoms with Crippen molar-refractivity contribution < 1.29 is 9.53 Å². The molecule has 1 aromatic heterocycles. The van der Waals surface area contributed by atoms with Gasteiger partial charge in [0.1, 0.15) is 18.7 Å². The lowest BCUT2D eigenvalue weighted by molar-refractivity contribution is -0.122. The summed E-state index contributed by atoms with van der Waals surface area (Å²) in [6, 6.07) is 12.3. The Kier molecular flexibility index (Phi) is 3.89. The van der Waals surface area contributed by atoms with Crippen molar-refractivity contribution in [3.8, 4) is 5.75 Å². The molecule has 126 valence electrons. The Morgan fingerprint density at radius 1 is 1.28 bits per heavy atom. The van der Waals surface area contributed by atoms with Gasteiger partial charge in [-0.3, -0.25) is 15.0 Å². The Balaban J connectivity index is 1.57. The van der Waals surface area contributed by atoms with Gasteiger partial charge in [0.2, 0.25) is 5.91 Å². The normalized spacial score (nSPS) is 16.1. The van der Waals surface area contributed by atoms with Crippen molar-refractivity contribution in [2.75, 3.05) is 12.0 Å². The number of hydrogen-bond acceptors (Lipinski definition) is 4. The Morgan fingerprint density at radius 3 is 3.00 bits per heavy atom. The van der Waals surface area contributed by atoms with Crippen LogP contribution in [-0.4, -0.2) is 22.2 Å². The van der Waals surface area contributed by atoms with E-state index < -0.39 is 5.92 Å². The molecular formula is C18H14ClN3O3. The predicted molar refractivity (Wildman–Crippen MR) is 94.5 cm³/mol. The molecule has 1 aliphatic heterocycles. The zero-order chi connectivity index (χ0) is 17.4. The van der Waals surface area contributed by atoms with Gasteiger partial charge < -0.3 is 4.74 Å². The third kappa shape index (κ3) is 2.96. The summed E-state index contributed by atoms with van der Waals surface area (Å²) in [5.41, 5.74) is 3.75. The zero-order valence-corrected chi connectivity index (χ0v) is 13.9. The number of nitrogens with zero attached hydrogens (tertiary/aromatic N) is 2. The third-order valence-corrected chi connectivity index (χ3v) is 4.43. The van der Waals surface area contributed by atoms with Crippen molar-refractivity contribution in [2.24, 2.45) is 5.92 Å². The number of aromatic nitrogens is 2. The summed E-state index contributed by atoms with van der Waals surface area (Å²) in [5, 5.41) is 1.04. The summed E-state index contributed by atoms with van der Waals surface area (Å²) >= 11 is 6.00. The second-order valence-electron chi connectivity index (χ2n) is 5.88. The first-order valence-corrected chi connectivity index (χ1v) is 8.18. The standard InChI is InChI=1S/C18H14ClN3O3/c19-13-5-6-16-11(8-13)7-12(9-25-16)17(23)21-22-10-20-15-4-2-1-3-14(15)18(22)24/h1-6,8,10,12H,7,9H2,(H,21,23)/t12-/m0/s1. The Bertz CT molecular complexity index is 1030. The summed E-state index contributed by atoms with van der Waals surface area (Å²) in [7, 11) is 0. The van der Waals surface area contributed by atoms with Gasteiger partial charge in [0.05, 0.1) is 16.8 Å². The SMILES string of the molecule is O=C(Nn1cnc2ccccc2c1=O)[C@@H]1COc2ccc(Cl)cc2C1. The van der Waals surface area contributed by atoms with Crippen molar-refractivity contribution in [3.63, 3.8) is 0 Å². The largest absolute Gasteiger partial charge is 0.492 e. The van der Waals surface area contributed by atoms with Crippen molar-refractivity contribution >= 4 is 28.4 Å². The van der Waals surface area contributed by atoms with E-state index in [0.717, 1.165) is 16.0 Å². The number of carbonyl (C=O) groups is 1. The van der Waals surface area contributed by atoms with Crippen LogP contribution in [0.5, 0.6) is 5.75 Å². The number of amides is 1. The van der Waals surface area contributed by atoms with E-state index in [2.05, 4.69) is 10.4 Å². The summed E-state index contributed by atoms with van der Waals surface area (Å²) in [6.45, 7) is 0.246. The van der Waals surface area contributed by atoms with Gasteiger partial charge in [-0.2, -0.15) is 0 Å². The topological polar surface area (TPSA) is 73.2 Å². The molecule has 0 aliphatic carbocycles. The number of carbonyl (C=O) groups excluding carboxylic acids is 1. The summed E-state index contributed by atoms with van der Waals surface area (Å²) in [5.74, 6) is 0.0205. The summed E-state index contributed by atoms with van der Waals surface area (Å²) in [4.78, 5) is 29.2. The van der Waals surface area contributed by atoms with Crippen LogP contribution in [0, 0.1) is 5.92 Å². The maximum absolute atomic E-state index is 12.5. The molecule has 7 heteroatoms. The molecule has 3 aromatic rings. The molecule has 1 aliphatic rings. The first kappa shape index (κ1) is 15.7. The minimum Gasteiger partial charge on any atom is -0.492 e. The second-order valence-corrected chi connectivity index (χ2v) is 6.31. The number of rotatable bonds is 2. The molecule has 1 N–H and O–H groups in total. The fourth-order valence-corrected chi connectivity index (χ4v) is 3.09. The molecule has 2 heterocycles. The summed E-state index contributed by atoms with van der Waals surface area (Å²) < 4.78 is 6.74. The molecule has 0 radical (unpaired) electrons. The van der Waals surface area contributed by atoms with Gasteiger partial charge in [-0.15, -0.1) is 0 Å². The van der Waals surface area contributed by atoms with Crippen LogP contribution in [-0.2, 0) is 11.2 Å². The lowest BCUT2D eigenvalue weighted by Gasteiger charge is -2.24. The van der Waals surface area contributed by atoms with E-state index in [0.29, 0.717) is 22.3 Å². The van der Waals surface area contributed by atoms with Gasteiger partial charge in [0.25, 0.3) is 5.56 Å². The van der Waals surface area contributed by atoms with Crippen LogP contribution in [0.1, 0.15) is 5.56 Å². The highest BCUT2D eigenvalue weighted by atomic mass is 35.5. The van der Waals surface area contributed by atoms with Crippen molar-refractivity contribution in [3.05, 3.63) is 69.7 Å². The van der Waals surface area contributed by atoms with Crippen molar-refractivity contribution in [1.82, 2.24) is 9.66 Å². The molecule has 0 fully saturated rings. The summed E-state index contributed by atoms with van der Waals surface area (Å²) in [6.07, 6.45) is 1.81. The minimum absolute atomic E-state index is 0.246. The van der Waals surface area contributed by atoms with E-state index in [1.807, 2.05) is 0 Å². The van der Waals surface area contributed by atoms with Gasteiger partial charge in [0, 0.05) is 5.02 Å². The molecule has 0 saturated heterocycles. The van der Waals surface area contributed by atoms with E-state index in [-0.39, 0.29) is 18.1 Å². The van der Waals surface area contributed by atoms with Crippen molar-refractivity contribution in [1.29, 1.82) is 0 Å². The number of benzene rings is 2. The van der Waals surface area contributed by atoms with E-state index in [1.54, 1.807) is 42.5 Å². The predicted octanol–water partition coefficient (Wildman–Crippen LogP) is 2.37. The molecule has 0 unspecified atom stereocenters. The highest BCUT2D eigenvalue weighted by molar-refractivity contribution is 6.30. The Labute approximate surface area is 148 Å². The fourth-order valence-electron chi connectivity index (χ4n) is 2.89. The smallest absolute Gasteiger partial charge is 0.280 e. The lowest BCUT2D eigenvalue weighted by atomic mass is 9.96. The van der Waals surface area contributed by atoms with Crippen LogP contribution >= 0.6 is 11.6 Å². The van der Waals surface area contributed by atoms with Crippen LogP contribution in [0.2, 0.25) is 5.02 Å². The second kappa shape index (κ2) is 6.22. The van der Waals surface area contributed by atoms with Gasteiger partial charge in [-0.25, -0.2) is 9.66 Å². The van der Waals surface area contributed by atoms with Crippen LogP contribution in [0.3, 0.4) is 0 Å². The monoisotopic (exact) mass is 355 g/mol. The molecule has 1 amide bonds. The molecule has 0 spiro atoms. The third-order valence-electron chi connectivity index (χ3n) is 4.20. The first-order chi connectivity index (χ1) is 12.1. The molecule has 25 heavy (non-hydrogen) atoms. The average molecular weight is 356 g/mol. The molecule has 0 bridgehead atoms. The highest BCUT2D eigenvalue weighted by Gasteiger charge is 2.26. The molecular weight excluding hydrogens is 342 g/mol. The number of halogens is 1. The molecule has 2 aromatic carbocycles. The fraction of sp³-hybridized carbons (Fsp3) is 0.167. The van der Waals surface area contributed by atoms with E-state index in [9.17, 15) is 9.59 Å². The Morgan fingerprint density at radius 2 is 2.12 bits per heavy atom. The number of nitrogens with one attached hydrogen (secondary N) is 1. The highest BCUT2D eigenvalue weighted by Crippen LogP contribution is 2.29. The molecule has 4 rings (SSSR count). The Hall–Kier alpha value is -2.86. The van der Waals surface area contributed by atoms with E-state index in [1.165, 1.54) is 6.33 Å². The zero-order valence-electron chi connectivity index (χ0n) is 13.1. The maximum atomic E-state index is 12.5. The average Bonchev–Trinajstić information content (AvgIpc) is 2.63. The van der Waals surface area contributed by atoms with Crippen molar-refractivity contribution in [2.45, 2.75) is 6.42 Å². The van der Waals surface area contributed by atoms with Crippen LogP contribution in [0.4, 0.5) is 0 Å². The molecule has 0 saturated carbocycles. The van der Waals surface area contributed by atoms with Gasteiger partial charge in [0.15, 0.2) is 0 Å². The van der Waals surface area contributed by atoms with Crippen LogP contribution < -0.4 is 15.7 Å². The van der Waals surface area contributed by atoms with Gasteiger partial charge in [-0.1, -0.05) is 23.7 Å². The van der Waals surface area contributed by atoms with Crippen LogP contribution in [0.15, 0.2) is 53.6 Å². The number of fused-ring (bicyclic) bond motifs is 2. The van der Waals surface area contributed by atoms with E-state index in [4.69, 9.17) is 16.3 Å². The van der Waals surface area contributed by atoms with Crippen LogP contribution in [0.25, 0.3) is 10.9 Å². The molecule has 6 nitrogen and oxygen atoms in total. The minimum atomic E-state index is -0.413. The van der Waals surface area contributed by atoms with E-state index >= 15 is 0 Å².